The second kappa shape index (κ2) is 8.79. The molecule has 3 heterocycles. The maximum atomic E-state index is 12.7. The molecule has 1 aromatic carbocycles. The predicted molar refractivity (Wildman–Crippen MR) is 105 cm³/mol. The van der Waals surface area contributed by atoms with Crippen molar-refractivity contribution in [3.05, 3.63) is 41.7 Å². The Kier molecular flexibility index (Phi) is 5.97. The lowest BCUT2D eigenvalue weighted by Gasteiger charge is -2.37. The fraction of sp³-hybridized carbons (Fsp3) is 0.600. The Morgan fingerprint density at radius 2 is 2.14 bits per heavy atom. The molecule has 2 N–H and O–H groups in total. The van der Waals surface area contributed by atoms with E-state index in [0.717, 1.165) is 38.9 Å². The van der Waals surface area contributed by atoms with Crippen molar-refractivity contribution in [1.29, 1.82) is 0 Å². The lowest BCUT2D eigenvalue weighted by molar-refractivity contribution is -0.133. The number of hydrogen-bond donors (Lipinski definition) is 2. The number of likely N-dealkylation sites (tertiary alicyclic amines) is 1. The molecule has 150 valence electrons. The van der Waals surface area contributed by atoms with Crippen molar-refractivity contribution >= 4 is 5.91 Å². The number of amides is 1. The number of carbonyl (C=O) groups is 1. The molecule has 3 unspecified atom stereocenters. The van der Waals surface area contributed by atoms with Crippen LogP contribution in [-0.2, 0) is 11.3 Å². The van der Waals surface area contributed by atoms with Crippen molar-refractivity contribution in [3.8, 4) is 0 Å². The van der Waals surface area contributed by atoms with E-state index < -0.39 is 0 Å². The van der Waals surface area contributed by atoms with Gasteiger partial charge >= 0.3 is 0 Å². The summed E-state index contributed by atoms with van der Waals surface area (Å²) in [5, 5.41) is 11.1. The fourth-order valence-corrected chi connectivity index (χ4v) is 4.46. The molecular formula is C20H29N7O. The first-order valence-corrected chi connectivity index (χ1v) is 10.2. The maximum Gasteiger partial charge on any atom is 0.222 e. The molecule has 2 aliphatic heterocycles. The molecule has 0 saturated carbocycles. The molecule has 1 aromatic heterocycles. The summed E-state index contributed by atoms with van der Waals surface area (Å²) >= 11 is 0. The number of benzene rings is 1. The fourth-order valence-electron chi connectivity index (χ4n) is 4.46. The van der Waals surface area contributed by atoms with Gasteiger partial charge in [-0.2, -0.15) is 0 Å². The number of hydrogen-bond acceptors (Lipinski definition) is 6. The van der Waals surface area contributed by atoms with Crippen LogP contribution in [0.1, 0.15) is 42.7 Å². The molecule has 0 aliphatic carbocycles. The summed E-state index contributed by atoms with van der Waals surface area (Å²) in [5.41, 5.74) is 9.51. The summed E-state index contributed by atoms with van der Waals surface area (Å²) in [6.07, 6.45) is 5.13. The number of aryl methyl sites for hydroxylation is 2. The molecule has 2 fully saturated rings. The smallest absolute Gasteiger partial charge is 0.222 e. The van der Waals surface area contributed by atoms with E-state index in [-0.39, 0.29) is 5.91 Å². The minimum atomic E-state index is 0.246. The first kappa shape index (κ1) is 19.0. The second-order valence-corrected chi connectivity index (χ2v) is 7.99. The maximum absolute atomic E-state index is 12.7. The first-order chi connectivity index (χ1) is 13.7. The van der Waals surface area contributed by atoms with Crippen LogP contribution >= 0.6 is 0 Å². The van der Waals surface area contributed by atoms with Crippen molar-refractivity contribution in [2.75, 3.05) is 19.6 Å². The molecule has 1 amide bonds. The van der Waals surface area contributed by atoms with Gasteiger partial charge in [0, 0.05) is 44.6 Å². The molecule has 2 aliphatic rings. The van der Waals surface area contributed by atoms with Gasteiger partial charge in [0.2, 0.25) is 5.91 Å². The van der Waals surface area contributed by atoms with Crippen molar-refractivity contribution < 1.29 is 4.79 Å². The Morgan fingerprint density at radius 1 is 1.29 bits per heavy atom. The summed E-state index contributed by atoms with van der Waals surface area (Å²) in [6.45, 7) is 5.45. The third-order valence-electron chi connectivity index (χ3n) is 6.02. The molecule has 2 saturated heterocycles. The van der Waals surface area contributed by atoms with Crippen molar-refractivity contribution in [1.82, 2.24) is 36.0 Å². The highest BCUT2D eigenvalue weighted by atomic mass is 16.2. The lowest BCUT2D eigenvalue weighted by Crippen LogP contribution is -2.48. The Bertz CT molecular complexity index is 761. The molecule has 2 aromatic rings. The molecule has 28 heavy (non-hydrogen) atoms. The molecule has 3 atom stereocenters. The largest absolute Gasteiger partial charge is 0.342 e. The number of tetrazole rings is 1. The van der Waals surface area contributed by atoms with Crippen molar-refractivity contribution in [3.63, 3.8) is 0 Å². The average molecular weight is 384 g/mol. The number of rotatable bonds is 6. The Labute approximate surface area is 165 Å². The summed E-state index contributed by atoms with van der Waals surface area (Å²) in [7, 11) is 0. The SMILES string of the molecule is Cc1ccc(C2CNNC2C2CCCN(C(=O)CCCn3cnnn3)C2)cc1. The van der Waals surface area contributed by atoms with E-state index in [0.29, 0.717) is 30.8 Å². The third-order valence-corrected chi connectivity index (χ3v) is 6.02. The Hall–Kier alpha value is -2.32. The summed E-state index contributed by atoms with van der Waals surface area (Å²) in [4.78, 5) is 14.8. The highest BCUT2D eigenvalue weighted by Gasteiger charge is 2.37. The molecule has 0 spiro atoms. The van der Waals surface area contributed by atoms with E-state index in [1.54, 1.807) is 11.0 Å². The van der Waals surface area contributed by atoms with Gasteiger partial charge in [0.1, 0.15) is 6.33 Å². The van der Waals surface area contributed by atoms with Gasteiger partial charge in [-0.3, -0.25) is 15.6 Å². The quantitative estimate of drug-likeness (QED) is 0.781. The van der Waals surface area contributed by atoms with Gasteiger partial charge in [0.15, 0.2) is 0 Å². The van der Waals surface area contributed by atoms with E-state index in [9.17, 15) is 4.79 Å². The highest BCUT2D eigenvalue weighted by molar-refractivity contribution is 5.76. The van der Waals surface area contributed by atoms with Gasteiger partial charge in [-0.15, -0.1) is 5.10 Å². The Morgan fingerprint density at radius 3 is 2.93 bits per heavy atom. The number of aromatic nitrogens is 4. The number of carbonyl (C=O) groups excluding carboxylic acids is 1. The van der Waals surface area contributed by atoms with Gasteiger partial charge in [-0.05, 0) is 48.1 Å². The first-order valence-electron chi connectivity index (χ1n) is 10.2. The topological polar surface area (TPSA) is 88.0 Å². The Balaban J connectivity index is 1.33. The van der Waals surface area contributed by atoms with Crippen LogP contribution < -0.4 is 10.9 Å². The number of piperidine rings is 1. The summed E-state index contributed by atoms with van der Waals surface area (Å²) in [6, 6.07) is 9.22. The highest BCUT2D eigenvalue weighted by Crippen LogP contribution is 2.32. The van der Waals surface area contributed by atoms with Gasteiger partial charge in [-0.25, -0.2) is 4.68 Å². The second-order valence-electron chi connectivity index (χ2n) is 7.99. The average Bonchev–Trinajstić information content (AvgIpc) is 3.41. The minimum absolute atomic E-state index is 0.246. The molecule has 0 bridgehead atoms. The van der Waals surface area contributed by atoms with Gasteiger partial charge in [-0.1, -0.05) is 29.8 Å². The van der Waals surface area contributed by atoms with Crippen LogP contribution in [0.25, 0.3) is 0 Å². The summed E-state index contributed by atoms with van der Waals surface area (Å²) in [5.74, 6) is 1.16. The zero-order chi connectivity index (χ0) is 19.3. The lowest BCUT2D eigenvalue weighted by atomic mass is 9.81. The van der Waals surface area contributed by atoms with E-state index >= 15 is 0 Å². The predicted octanol–water partition coefficient (Wildman–Crippen LogP) is 1.26. The molecular weight excluding hydrogens is 354 g/mol. The van der Waals surface area contributed by atoms with Crippen molar-refractivity contribution in [2.24, 2.45) is 5.92 Å². The molecule has 8 heteroatoms. The van der Waals surface area contributed by atoms with Gasteiger partial charge in [0.05, 0.1) is 0 Å². The third kappa shape index (κ3) is 4.39. The molecule has 0 radical (unpaired) electrons. The van der Waals surface area contributed by atoms with Crippen LogP contribution in [0.3, 0.4) is 0 Å². The normalized spacial score (nSPS) is 25.2. The number of nitrogens with one attached hydrogen (secondary N) is 2. The van der Waals surface area contributed by atoms with Gasteiger partial charge in [0.25, 0.3) is 0 Å². The molecule has 8 nitrogen and oxygen atoms in total. The van der Waals surface area contributed by atoms with Crippen LogP contribution in [0.15, 0.2) is 30.6 Å². The monoisotopic (exact) mass is 383 g/mol. The van der Waals surface area contributed by atoms with E-state index in [1.165, 1.54) is 11.1 Å². The van der Waals surface area contributed by atoms with E-state index in [2.05, 4.69) is 62.5 Å². The van der Waals surface area contributed by atoms with Crippen LogP contribution in [0.2, 0.25) is 0 Å². The van der Waals surface area contributed by atoms with Crippen molar-refractivity contribution in [2.45, 2.75) is 51.1 Å². The van der Waals surface area contributed by atoms with Crippen LogP contribution in [0, 0.1) is 12.8 Å². The number of nitrogens with zero attached hydrogens (tertiary/aromatic N) is 5. The standard InChI is InChI=1S/C20H29N7O/c1-15-6-8-16(9-7-15)18-12-21-23-20(18)17-4-2-10-26(13-17)19(28)5-3-11-27-14-22-24-25-27/h6-9,14,17-18,20-21,23H,2-5,10-13H2,1H3. The van der Waals surface area contributed by atoms with E-state index in [1.807, 2.05) is 0 Å². The minimum Gasteiger partial charge on any atom is -0.342 e. The summed E-state index contributed by atoms with van der Waals surface area (Å²) < 4.78 is 1.67. The van der Waals surface area contributed by atoms with Crippen LogP contribution in [0.5, 0.6) is 0 Å². The van der Waals surface area contributed by atoms with Crippen LogP contribution in [0.4, 0.5) is 0 Å². The zero-order valence-electron chi connectivity index (χ0n) is 16.4. The zero-order valence-corrected chi connectivity index (χ0v) is 16.4. The number of hydrazine groups is 1. The van der Waals surface area contributed by atoms with Gasteiger partial charge < -0.3 is 4.90 Å². The van der Waals surface area contributed by atoms with Crippen LogP contribution in [-0.4, -0.2) is 56.7 Å². The molecule has 4 rings (SSSR count). The van der Waals surface area contributed by atoms with E-state index in [4.69, 9.17) is 0 Å².